The van der Waals surface area contributed by atoms with Gasteiger partial charge in [0.05, 0.1) is 12.6 Å². The number of rotatable bonds is 2. The van der Waals surface area contributed by atoms with Crippen molar-refractivity contribution in [2.45, 2.75) is 32.1 Å². The fraction of sp³-hybridized carbons (Fsp3) is 0.500. The van der Waals surface area contributed by atoms with E-state index in [4.69, 9.17) is 11.8 Å². The molecule has 1 fully saturated rings. The first kappa shape index (κ1) is 10.5. The third-order valence-corrected chi connectivity index (χ3v) is 2.71. The summed E-state index contributed by atoms with van der Waals surface area (Å²) < 4.78 is 0. The molecule has 0 bridgehead atoms. The summed E-state index contributed by atoms with van der Waals surface area (Å²) in [7, 11) is 0. The van der Waals surface area contributed by atoms with E-state index in [2.05, 4.69) is 11.4 Å². The molecule has 1 saturated carbocycles. The Morgan fingerprint density at radius 1 is 1.71 bits per heavy atom. The maximum atomic E-state index is 8.82. The van der Waals surface area contributed by atoms with Crippen LogP contribution in [0, 0.1) is 23.8 Å². The van der Waals surface area contributed by atoms with Crippen LogP contribution in [0.2, 0.25) is 0 Å². The second-order valence-corrected chi connectivity index (χ2v) is 3.56. The normalized spacial score (nSPS) is 24.6. The Morgan fingerprint density at radius 3 is 3.07 bits per heavy atom. The van der Waals surface area contributed by atoms with Gasteiger partial charge in [-0.25, -0.2) is 10.1 Å². The van der Waals surface area contributed by atoms with Crippen molar-refractivity contribution in [1.82, 2.24) is 0 Å². The summed E-state index contributed by atoms with van der Waals surface area (Å²) in [4.78, 5) is 3.30. The summed E-state index contributed by atoms with van der Waals surface area (Å²) in [6.45, 7) is 10.7. The van der Waals surface area contributed by atoms with Crippen molar-refractivity contribution in [1.29, 1.82) is 5.26 Å². The van der Waals surface area contributed by atoms with Gasteiger partial charge in [-0.2, -0.15) is 0 Å². The van der Waals surface area contributed by atoms with E-state index in [9.17, 15) is 0 Å². The minimum absolute atomic E-state index is 0.316. The van der Waals surface area contributed by atoms with Gasteiger partial charge in [-0.05, 0) is 30.8 Å². The molecule has 0 aromatic heterocycles. The lowest BCUT2D eigenvalue weighted by molar-refractivity contribution is 0.455. The lowest BCUT2D eigenvalue weighted by Crippen LogP contribution is -2.10. The predicted octanol–water partition coefficient (Wildman–Crippen LogP) is 3.45. The van der Waals surface area contributed by atoms with Gasteiger partial charge in [-0.15, -0.1) is 6.58 Å². The third kappa shape index (κ3) is 2.24. The first-order valence-electron chi connectivity index (χ1n) is 4.95. The fourth-order valence-corrected chi connectivity index (χ4v) is 2.03. The standard InChI is InChI=1S/C12H14N2/c1-3-6-10-7-4-5-8-11(10)12(9-13)14-2/h3,10H,1,4-8H2/b12-11+. The van der Waals surface area contributed by atoms with Gasteiger partial charge >= 0.3 is 0 Å². The average molecular weight is 186 g/mol. The molecule has 0 aliphatic heterocycles. The van der Waals surface area contributed by atoms with E-state index in [0.717, 1.165) is 31.3 Å². The van der Waals surface area contributed by atoms with Crippen molar-refractivity contribution in [2.24, 2.45) is 5.92 Å². The highest BCUT2D eigenvalue weighted by atomic mass is 14.7. The molecule has 0 N–H and O–H groups in total. The van der Waals surface area contributed by atoms with Gasteiger partial charge in [-0.3, -0.25) is 0 Å². The molecule has 0 amide bonds. The smallest absolute Gasteiger partial charge is 0.227 e. The highest BCUT2D eigenvalue weighted by Crippen LogP contribution is 2.34. The topological polar surface area (TPSA) is 28.1 Å². The average Bonchev–Trinajstić information content (AvgIpc) is 2.23. The summed E-state index contributed by atoms with van der Waals surface area (Å²) in [6.07, 6.45) is 7.12. The molecule has 1 aliphatic rings. The zero-order chi connectivity index (χ0) is 10.4. The molecule has 0 saturated heterocycles. The molecular formula is C12H14N2. The molecule has 0 spiro atoms. The Labute approximate surface area is 85.4 Å². The van der Waals surface area contributed by atoms with Gasteiger partial charge < -0.3 is 0 Å². The Balaban J connectivity index is 2.93. The number of nitrogens with zero attached hydrogens (tertiary/aromatic N) is 2. The molecule has 1 rings (SSSR count). The Bertz CT molecular complexity index is 309. The molecule has 0 aromatic rings. The van der Waals surface area contributed by atoms with Gasteiger partial charge in [0.1, 0.15) is 0 Å². The molecule has 2 heteroatoms. The van der Waals surface area contributed by atoms with E-state index in [0.29, 0.717) is 11.6 Å². The highest BCUT2D eigenvalue weighted by molar-refractivity contribution is 5.35. The van der Waals surface area contributed by atoms with Crippen molar-refractivity contribution < 1.29 is 0 Å². The minimum Gasteiger partial charge on any atom is -0.227 e. The van der Waals surface area contributed by atoms with Crippen LogP contribution in [0.15, 0.2) is 23.9 Å². The Kier molecular flexibility index (Phi) is 3.95. The number of hydrogen-bond acceptors (Lipinski definition) is 1. The summed E-state index contributed by atoms with van der Waals surface area (Å²) >= 11 is 0. The number of hydrogen-bond donors (Lipinski definition) is 0. The molecule has 1 aliphatic carbocycles. The predicted molar refractivity (Wildman–Crippen MR) is 56.0 cm³/mol. The van der Waals surface area contributed by atoms with Crippen LogP contribution in [-0.2, 0) is 0 Å². The van der Waals surface area contributed by atoms with Crippen LogP contribution >= 0.6 is 0 Å². The molecule has 2 nitrogen and oxygen atoms in total. The van der Waals surface area contributed by atoms with Gasteiger partial charge in [0.2, 0.25) is 0 Å². The van der Waals surface area contributed by atoms with Gasteiger partial charge in [0, 0.05) is 0 Å². The van der Waals surface area contributed by atoms with Gasteiger partial charge in [0.25, 0.3) is 5.70 Å². The van der Waals surface area contributed by atoms with Crippen LogP contribution in [0.5, 0.6) is 0 Å². The second-order valence-electron chi connectivity index (χ2n) is 3.56. The SMILES string of the molecule is [C-]#[N+]/C(C#N)=C1\CCCCC1CC=C. The zero-order valence-corrected chi connectivity index (χ0v) is 8.29. The van der Waals surface area contributed by atoms with E-state index in [-0.39, 0.29) is 0 Å². The van der Waals surface area contributed by atoms with Crippen molar-refractivity contribution in [3.63, 3.8) is 0 Å². The van der Waals surface area contributed by atoms with Crippen molar-refractivity contribution in [3.05, 3.63) is 35.3 Å². The van der Waals surface area contributed by atoms with Crippen LogP contribution in [0.25, 0.3) is 4.85 Å². The quantitative estimate of drug-likeness (QED) is 0.369. The Morgan fingerprint density at radius 2 is 2.50 bits per heavy atom. The molecule has 1 atom stereocenters. The van der Waals surface area contributed by atoms with E-state index < -0.39 is 0 Å². The molecule has 14 heavy (non-hydrogen) atoms. The molecule has 0 aromatic carbocycles. The third-order valence-electron chi connectivity index (χ3n) is 2.71. The molecule has 72 valence electrons. The van der Waals surface area contributed by atoms with Crippen LogP contribution in [0.1, 0.15) is 32.1 Å². The summed E-state index contributed by atoms with van der Waals surface area (Å²) in [5.41, 5.74) is 1.38. The first-order valence-corrected chi connectivity index (χ1v) is 4.95. The molecular weight excluding hydrogens is 172 g/mol. The Hall–Kier alpha value is -1.54. The van der Waals surface area contributed by atoms with Crippen molar-refractivity contribution in [2.75, 3.05) is 0 Å². The number of nitriles is 1. The maximum Gasteiger partial charge on any atom is 0.261 e. The number of allylic oxidation sites excluding steroid dienone is 3. The fourth-order valence-electron chi connectivity index (χ4n) is 2.03. The second kappa shape index (κ2) is 5.25. The molecule has 1 unspecified atom stereocenters. The maximum absolute atomic E-state index is 8.82. The van der Waals surface area contributed by atoms with Crippen LogP contribution < -0.4 is 0 Å². The van der Waals surface area contributed by atoms with E-state index in [1.165, 1.54) is 6.42 Å². The van der Waals surface area contributed by atoms with E-state index in [1.54, 1.807) is 0 Å². The van der Waals surface area contributed by atoms with Crippen LogP contribution in [0.3, 0.4) is 0 Å². The lowest BCUT2D eigenvalue weighted by atomic mass is 9.81. The lowest BCUT2D eigenvalue weighted by Gasteiger charge is -2.24. The van der Waals surface area contributed by atoms with Crippen molar-refractivity contribution in [3.8, 4) is 6.07 Å². The van der Waals surface area contributed by atoms with Crippen molar-refractivity contribution >= 4 is 0 Å². The van der Waals surface area contributed by atoms with E-state index in [1.807, 2.05) is 12.1 Å². The highest BCUT2D eigenvalue weighted by Gasteiger charge is 2.20. The first-order chi connectivity index (χ1) is 6.83. The van der Waals surface area contributed by atoms with Gasteiger partial charge in [-0.1, -0.05) is 18.9 Å². The summed E-state index contributed by atoms with van der Waals surface area (Å²) in [6, 6.07) is 2.00. The van der Waals surface area contributed by atoms with Crippen LogP contribution in [0.4, 0.5) is 0 Å². The minimum atomic E-state index is 0.316. The van der Waals surface area contributed by atoms with Gasteiger partial charge in [0.15, 0.2) is 0 Å². The zero-order valence-electron chi connectivity index (χ0n) is 8.29. The van der Waals surface area contributed by atoms with E-state index >= 15 is 0 Å². The molecule has 0 radical (unpaired) electrons. The monoisotopic (exact) mass is 186 g/mol. The summed E-state index contributed by atoms with van der Waals surface area (Å²) in [5.74, 6) is 0.394. The largest absolute Gasteiger partial charge is 0.261 e. The van der Waals surface area contributed by atoms with Crippen LogP contribution in [-0.4, -0.2) is 0 Å². The summed E-state index contributed by atoms with van der Waals surface area (Å²) in [5, 5.41) is 8.82. The molecule has 0 heterocycles.